The molecule has 120 valence electrons. The number of aliphatic hydroxyl groups is 3. The molecule has 0 radical (unpaired) electrons. The summed E-state index contributed by atoms with van der Waals surface area (Å²) in [6.07, 6.45) is -3.49. The van der Waals surface area contributed by atoms with Gasteiger partial charge >= 0.3 is 23.7 Å². The fourth-order valence-corrected chi connectivity index (χ4v) is 1.49. The Morgan fingerprint density at radius 1 is 1.05 bits per heavy atom. The highest BCUT2D eigenvalue weighted by atomic mass is 16.8. The summed E-state index contributed by atoms with van der Waals surface area (Å²) in [5.74, 6) is -6.42. The van der Waals surface area contributed by atoms with Gasteiger partial charge in [-0.15, -0.1) is 0 Å². The maximum Gasteiger partial charge on any atom is 0.383 e. The molecule has 3 N–H and O–H groups in total. The molecular formula is C11H16O10. The van der Waals surface area contributed by atoms with Gasteiger partial charge in [0, 0.05) is 6.61 Å². The van der Waals surface area contributed by atoms with Crippen molar-refractivity contribution < 1.29 is 48.7 Å². The minimum absolute atomic E-state index is 0.134. The van der Waals surface area contributed by atoms with Crippen molar-refractivity contribution in [3.8, 4) is 0 Å². The number of hydrogen-bond donors (Lipinski definition) is 3. The third-order valence-electron chi connectivity index (χ3n) is 2.53. The second-order valence-corrected chi connectivity index (χ2v) is 3.95. The van der Waals surface area contributed by atoms with Crippen LogP contribution in [-0.2, 0) is 33.3 Å². The molecule has 0 bridgehead atoms. The minimum Gasteiger partial charge on any atom is -0.445 e. The summed E-state index contributed by atoms with van der Waals surface area (Å²) in [7, 11) is 0. The number of rotatable bonds is 5. The highest BCUT2D eigenvalue weighted by Crippen LogP contribution is 2.20. The zero-order chi connectivity index (χ0) is 16.0. The minimum atomic E-state index is -2.50. The average Bonchev–Trinajstić information content (AvgIpc) is 2.51. The highest BCUT2D eigenvalue weighted by Gasteiger charge is 2.50. The van der Waals surface area contributed by atoms with E-state index in [0.29, 0.717) is 0 Å². The summed E-state index contributed by atoms with van der Waals surface area (Å²) >= 11 is 0. The number of hydrogen-bond acceptors (Lipinski definition) is 10. The monoisotopic (exact) mass is 308 g/mol. The van der Waals surface area contributed by atoms with E-state index in [0.717, 1.165) is 0 Å². The van der Waals surface area contributed by atoms with Crippen molar-refractivity contribution in [3.63, 3.8) is 0 Å². The number of ether oxygens (including phenoxy) is 4. The van der Waals surface area contributed by atoms with Crippen molar-refractivity contribution in [3.05, 3.63) is 0 Å². The van der Waals surface area contributed by atoms with E-state index in [1.54, 1.807) is 0 Å². The third kappa shape index (κ3) is 3.67. The lowest BCUT2D eigenvalue weighted by Crippen LogP contribution is -2.52. The lowest BCUT2D eigenvalue weighted by atomic mass is 10.2. The number of carbonyl (C=O) groups excluding carboxylic acids is 3. The molecular weight excluding hydrogens is 292 g/mol. The summed E-state index contributed by atoms with van der Waals surface area (Å²) in [6.45, 7) is -1.61. The Kier molecular flexibility index (Phi) is 6.03. The van der Waals surface area contributed by atoms with E-state index in [1.165, 1.54) is 6.92 Å². The van der Waals surface area contributed by atoms with Gasteiger partial charge in [0.1, 0.15) is 6.61 Å². The molecule has 1 saturated heterocycles. The van der Waals surface area contributed by atoms with E-state index in [-0.39, 0.29) is 6.61 Å². The Labute approximate surface area is 119 Å². The van der Waals surface area contributed by atoms with Gasteiger partial charge in [0.25, 0.3) is 0 Å². The highest BCUT2D eigenvalue weighted by molar-refractivity contribution is 5.89. The van der Waals surface area contributed by atoms with E-state index in [9.17, 15) is 19.5 Å². The first-order chi connectivity index (χ1) is 9.93. The van der Waals surface area contributed by atoms with Crippen molar-refractivity contribution in [1.29, 1.82) is 0 Å². The van der Waals surface area contributed by atoms with Crippen molar-refractivity contribution in [2.45, 2.75) is 24.9 Å². The predicted molar refractivity (Wildman–Crippen MR) is 61.5 cm³/mol. The van der Waals surface area contributed by atoms with E-state index in [4.69, 9.17) is 19.7 Å². The van der Waals surface area contributed by atoms with E-state index >= 15 is 0 Å². The lowest BCUT2D eigenvalue weighted by Gasteiger charge is -2.28. The largest absolute Gasteiger partial charge is 0.445 e. The van der Waals surface area contributed by atoms with Gasteiger partial charge in [-0.05, 0) is 6.92 Å². The van der Waals surface area contributed by atoms with Gasteiger partial charge in [0.05, 0.1) is 13.2 Å². The van der Waals surface area contributed by atoms with Crippen LogP contribution in [0.25, 0.3) is 0 Å². The van der Waals surface area contributed by atoms with Crippen LogP contribution >= 0.6 is 0 Å². The average molecular weight is 308 g/mol. The molecule has 10 heteroatoms. The van der Waals surface area contributed by atoms with Crippen LogP contribution in [0.3, 0.4) is 0 Å². The van der Waals surface area contributed by atoms with Gasteiger partial charge in [0.15, 0.2) is 0 Å². The maximum absolute atomic E-state index is 12.0. The van der Waals surface area contributed by atoms with Crippen LogP contribution < -0.4 is 0 Å². The number of esters is 3. The smallest absolute Gasteiger partial charge is 0.383 e. The Morgan fingerprint density at radius 3 is 2.10 bits per heavy atom. The van der Waals surface area contributed by atoms with Crippen LogP contribution in [0.5, 0.6) is 0 Å². The Balaban J connectivity index is 3.19. The molecule has 1 aliphatic heterocycles. The van der Waals surface area contributed by atoms with E-state index in [2.05, 4.69) is 9.47 Å². The van der Waals surface area contributed by atoms with Crippen molar-refractivity contribution >= 4 is 17.9 Å². The van der Waals surface area contributed by atoms with Crippen LogP contribution in [0.1, 0.15) is 6.92 Å². The van der Waals surface area contributed by atoms with Gasteiger partial charge in [-0.25, -0.2) is 14.4 Å². The summed E-state index contributed by atoms with van der Waals surface area (Å²) < 4.78 is 18.8. The SMILES string of the molecule is CCOC1(CO)OC(=O)C(CO)OC(=O)C(CO)OC1=O. The van der Waals surface area contributed by atoms with E-state index < -0.39 is 55.7 Å². The van der Waals surface area contributed by atoms with Gasteiger partial charge < -0.3 is 34.3 Å². The predicted octanol–water partition coefficient (Wildman–Crippen LogP) is -2.92. The Hall–Kier alpha value is -1.75. The zero-order valence-electron chi connectivity index (χ0n) is 11.2. The Morgan fingerprint density at radius 2 is 1.62 bits per heavy atom. The van der Waals surface area contributed by atoms with Gasteiger partial charge in [-0.2, -0.15) is 0 Å². The van der Waals surface area contributed by atoms with Crippen molar-refractivity contribution in [1.82, 2.24) is 0 Å². The molecule has 3 unspecified atom stereocenters. The van der Waals surface area contributed by atoms with Gasteiger partial charge in [-0.1, -0.05) is 0 Å². The molecule has 10 nitrogen and oxygen atoms in total. The lowest BCUT2D eigenvalue weighted by molar-refractivity contribution is -0.256. The molecule has 1 heterocycles. The molecule has 0 aromatic heterocycles. The maximum atomic E-state index is 12.0. The molecule has 0 aliphatic carbocycles. The van der Waals surface area contributed by atoms with Crippen LogP contribution in [0.4, 0.5) is 0 Å². The first kappa shape index (κ1) is 17.3. The van der Waals surface area contributed by atoms with Gasteiger partial charge in [0.2, 0.25) is 12.2 Å². The molecule has 0 spiro atoms. The molecule has 0 saturated carbocycles. The van der Waals surface area contributed by atoms with Gasteiger partial charge in [-0.3, -0.25) is 0 Å². The fraction of sp³-hybridized carbons (Fsp3) is 0.727. The molecule has 3 atom stereocenters. The first-order valence-electron chi connectivity index (χ1n) is 6.05. The van der Waals surface area contributed by atoms with Crippen LogP contribution in [0, 0.1) is 0 Å². The molecule has 0 aromatic carbocycles. The topological polar surface area (TPSA) is 149 Å². The number of aliphatic hydroxyl groups excluding tert-OH is 3. The quantitative estimate of drug-likeness (QED) is 0.356. The fourth-order valence-electron chi connectivity index (χ4n) is 1.49. The molecule has 0 aromatic rings. The van der Waals surface area contributed by atoms with Crippen LogP contribution in [0.2, 0.25) is 0 Å². The first-order valence-corrected chi connectivity index (χ1v) is 6.05. The summed E-state index contributed by atoms with van der Waals surface area (Å²) in [4.78, 5) is 35.3. The molecule has 1 aliphatic rings. The molecule has 1 fully saturated rings. The standard InChI is InChI=1S/C11H16O10/c1-2-18-11(5-14)10(17)20-6(3-12)8(15)19-7(4-13)9(16)21-11/h6-7,12-14H,2-5H2,1H3. The Bertz CT molecular complexity index is 406. The van der Waals surface area contributed by atoms with Crippen molar-refractivity contribution in [2.24, 2.45) is 0 Å². The summed E-state index contributed by atoms with van der Waals surface area (Å²) in [5.41, 5.74) is 0. The van der Waals surface area contributed by atoms with Crippen LogP contribution in [0.15, 0.2) is 0 Å². The normalized spacial score (nSPS) is 30.6. The second-order valence-electron chi connectivity index (χ2n) is 3.95. The third-order valence-corrected chi connectivity index (χ3v) is 2.53. The van der Waals surface area contributed by atoms with E-state index in [1.807, 2.05) is 0 Å². The second kappa shape index (κ2) is 7.31. The zero-order valence-corrected chi connectivity index (χ0v) is 11.2. The van der Waals surface area contributed by atoms with Crippen LogP contribution in [-0.4, -0.2) is 77.7 Å². The molecule has 1 rings (SSSR count). The summed E-state index contributed by atoms with van der Waals surface area (Å²) in [6, 6.07) is 0. The number of carbonyl (C=O) groups is 3. The van der Waals surface area contributed by atoms with Crippen molar-refractivity contribution in [2.75, 3.05) is 26.4 Å². The summed E-state index contributed by atoms with van der Waals surface area (Å²) in [5, 5.41) is 27.3. The molecule has 0 amide bonds. The molecule has 21 heavy (non-hydrogen) atoms. The number of cyclic esters (lactones) is 3.